The summed E-state index contributed by atoms with van der Waals surface area (Å²) in [5.41, 5.74) is 6.56. The van der Waals surface area contributed by atoms with Gasteiger partial charge in [0.15, 0.2) is 6.61 Å². The Labute approximate surface area is 115 Å². The average molecular weight is 264 g/mol. The molecule has 1 unspecified atom stereocenters. The summed E-state index contributed by atoms with van der Waals surface area (Å²) in [6, 6.07) is 7.40. The van der Waals surface area contributed by atoms with Gasteiger partial charge < -0.3 is 15.8 Å². The van der Waals surface area contributed by atoms with Crippen molar-refractivity contribution in [3.05, 3.63) is 29.8 Å². The highest BCUT2D eigenvalue weighted by Gasteiger charge is 2.18. The van der Waals surface area contributed by atoms with Crippen molar-refractivity contribution in [1.82, 2.24) is 5.32 Å². The minimum Gasteiger partial charge on any atom is -0.483 e. The summed E-state index contributed by atoms with van der Waals surface area (Å²) in [5, 5.41) is 2.93. The average Bonchev–Trinajstić information content (AvgIpc) is 2.36. The molecular formula is C15H24N2O2. The van der Waals surface area contributed by atoms with Gasteiger partial charge in [-0.25, -0.2) is 0 Å². The number of amides is 1. The normalized spacial score (nSPS) is 12.9. The molecule has 106 valence electrons. The first-order valence-corrected chi connectivity index (χ1v) is 6.64. The van der Waals surface area contributed by atoms with Crippen molar-refractivity contribution in [3.8, 4) is 5.75 Å². The summed E-state index contributed by atoms with van der Waals surface area (Å²) in [5.74, 6) is 0.549. The monoisotopic (exact) mass is 264 g/mol. The number of hydrogen-bond acceptors (Lipinski definition) is 3. The molecule has 0 fully saturated rings. The Morgan fingerprint density at radius 2 is 2.05 bits per heavy atom. The van der Waals surface area contributed by atoms with Crippen LogP contribution in [-0.4, -0.2) is 18.1 Å². The van der Waals surface area contributed by atoms with Crippen molar-refractivity contribution in [2.75, 3.05) is 6.61 Å². The highest BCUT2D eigenvalue weighted by Crippen LogP contribution is 2.23. The Kier molecular flexibility index (Phi) is 5.36. The quantitative estimate of drug-likeness (QED) is 0.829. The summed E-state index contributed by atoms with van der Waals surface area (Å²) < 4.78 is 5.56. The summed E-state index contributed by atoms with van der Waals surface area (Å²) >= 11 is 0. The molecule has 0 saturated heterocycles. The van der Waals surface area contributed by atoms with E-state index in [0.717, 1.165) is 12.0 Å². The van der Waals surface area contributed by atoms with Gasteiger partial charge in [0.25, 0.3) is 5.91 Å². The van der Waals surface area contributed by atoms with E-state index in [4.69, 9.17) is 10.5 Å². The van der Waals surface area contributed by atoms with Crippen molar-refractivity contribution in [1.29, 1.82) is 0 Å². The molecule has 4 nitrogen and oxygen atoms in total. The Hall–Kier alpha value is -1.55. The van der Waals surface area contributed by atoms with Crippen molar-refractivity contribution in [2.45, 2.75) is 45.7 Å². The fourth-order valence-electron chi connectivity index (χ4n) is 1.63. The van der Waals surface area contributed by atoms with Crippen LogP contribution in [0.2, 0.25) is 0 Å². The number of carbonyl (C=O) groups is 1. The molecule has 1 rings (SSSR count). The number of para-hydroxylation sites is 1. The van der Waals surface area contributed by atoms with Crippen LogP contribution in [0.15, 0.2) is 24.3 Å². The maximum atomic E-state index is 11.8. The molecule has 3 N–H and O–H groups in total. The van der Waals surface area contributed by atoms with E-state index >= 15 is 0 Å². The largest absolute Gasteiger partial charge is 0.483 e. The third kappa shape index (κ3) is 4.91. The molecule has 1 atom stereocenters. The molecule has 0 bridgehead atoms. The van der Waals surface area contributed by atoms with E-state index in [9.17, 15) is 4.79 Å². The van der Waals surface area contributed by atoms with Gasteiger partial charge in [0.1, 0.15) is 5.75 Å². The lowest BCUT2D eigenvalue weighted by Gasteiger charge is -2.24. The van der Waals surface area contributed by atoms with Crippen LogP contribution in [-0.2, 0) is 4.79 Å². The van der Waals surface area contributed by atoms with Crippen LogP contribution < -0.4 is 15.8 Å². The van der Waals surface area contributed by atoms with Gasteiger partial charge in [0, 0.05) is 17.1 Å². The minimum absolute atomic E-state index is 0.00711. The highest BCUT2D eigenvalue weighted by atomic mass is 16.5. The maximum absolute atomic E-state index is 11.8. The number of benzene rings is 1. The predicted octanol–water partition coefficient (Wildman–Crippen LogP) is 2.39. The van der Waals surface area contributed by atoms with Crippen molar-refractivity contribution in [3.63, 3.8) is 0 Å². The van der Waals surface area contributed by atoms with Crippen LogP contribution in [0.4, 0.5) is 0 Å². The van der Waals surface area contributed by atoms with Gasteiger partial charge in [-0.3, -0.25) is 4.79 Å². The Morgan fingerprint density at radius 3 is 2.63 bits per heavy atom. The zero-order chi connectivity index (χ0) is 14.5. The van der Waals surface area contributed by atoms with Crippen LogP contribution in [0.3, 0.4) is 0 Å². The Balaban J connectivity index is 2.60. The number of nitrogens with one attached hydrogen (secondary N) is 1. The minimum atomic E-state index is -0.207. The van der Waals surface area contributed by atoms with E-state index in [1.54, 1.807) is 0 Å². The fraction of sp³-hybridized carbons (Fsp3) is 0.533. The number of rotatable bonds is 6. The zero-order valence-corrected chi connectivity index (χ0v) is 12.2. The number of nitrogens with two attached hydrogens (primary N) is 1. The molecule has 1 aromatic carbocycles. The summed E-state index contributed by atoms with van der Waals surface area (Å²) in [6.07, 6.45) is 0.870. The standard InChI is InChI=1S/C15H24N2O2/c1-5-15(3,4)17-14(18)10-19-13-9-7-6-8-12(13)11(2)16/h6-9,11H,5,10,16H2,1-4H3,(H,17,18). The lowest BCUT2D eigenvalue weighted by Crippen LogP contribution is -2.44. The molecule has 0 aliphatic heterocycles. The van der Waals surface area contributed by atoms with Gasteiger partial charge in [-0.15, -0.1) is 0 Å². The second-order valence-electron chi connectivity index (χ2n) is 5.40. The zero-order valence-electron chi connectivity index (χ0n) is 12.2. The molecule has 19 heavy (non-hydrogen) atoms. The van der Waals surface area contributed by atoms with Crippen LogP contribution in [0.1, 0.15) is 45.7 Å². The smallest absolute Gasteiger partial charge is 0.258 e. The van der Waals surface area contributed by atoms with Crippen LogP contribution in [0.25, 0.3) is 0 Å². The van der Waals surface area contributed by atoms with E-state index in [1.165, 1.54) is 0 Å². The van der Waals surface area contributed by atoms with E-state index in [0.29, 0.717) is 5.75 Å². The molecule has 0 radical (unpaired) electrons. The number of carbonyl (C=O) groups excluding carboxylic acids is 1. The van der Waals surface area contributed by atoms with Crippen LogP contribution >= 0.6 is 0 Å². The van der Waals surface area contributed by atoms with Crippen molar-refractivity contribution in [2.24, 2.45) is 5.73 Å². The maximum Gasteiger partial charge on any atom is 0.258 e. The van der Waals surface area contributed by atoms with Gasteiger partial charge in [-0.2, -0.15) is 0 Å². The molecule has 0 aliphatic rings. The van der Waals surface area contributed by atoms with Crippen molar-refractivity contribution < 1.29 is 9.53 Å². The predicted molar refractivity (Wildman–Crippen MR) is 77.1 cm³/mol. The number of hydrogen-bond donors (Lipinski definition) is 2. The van der Waals surface area contributed by atoms with Crippen LogP contribution in [0.5, 0.6) is 5.75 Å². The van der Waals surface area contributed by atoms with Crippen molar-refractivity contribution >= 4 is 5.91 Å². The first kappa shape index (κ1) is 15.5. The summed E-state index contributed by atoms with van der Waals surface area (Å²) in [6.45, 7) is 7.91. The molecule has 0 aliphatic carbocycles. The molecular weight excluding hydrogens is 240 g/mol. The first-order chi connectivity index (χ1) is 8.85. The molecule has 0 aromatic heterocycles. The second-order valence-corrected chi connectivity index (χ2v) is 5.40. The number of ether oxygens (including phenoxy) is 1. The first-order valence-electron chi connectivity index (χ1n) is 6.64. The van der Waals surface area contributed by atoms with Gasteiger partial charge in [0.2, 0.25) is 0 Å². The molecule has 4 heteroatoms. The highest BCUT2D eigenvalue weighted by molar-refractivity contribution is 5.78. The molecule has 0 heterocycles. The van der Waals surface area contributed by atoms with E-state index in [1.807, 2.05) is 52.0 Å². The van der Waals surface area contributed by atoms with E-state index in [2.05, 4.69) is 5.32 Å². The molecule has 0 saturated carbocycles. The topological polar surface area (TPSA) is 64.3 Å². The SMILES string of the molecule is CCC(C)(C)NC(=O)COc1ccccc1C(C)N. The van der Waals surface area contributed by atoms with E-state index < -0.39 is 0 Å². The van der Waals surface area contributed by atoms with Gasteiger partial charge in [-0.1, -0.05) is 25.1 Å². The third-order valence-electron chi connectivity index (χ3n) is 3.13. The summed E-state index contributed by atoms with van der Waals surface area (Å²) in [4.78, 5) is 11.8. The second kappa shape index (κ2) is 6.57. The lowest BCUT2D eigenvalue weighted by molar-refractivity contribution is -0.124. The molecule has 0 spiro atoms. The summed E-state index contributed by atoms with van der Waals surface area (Å²) in [7, 11) is 0. The van der Waals surface area contributed by atoms with Crippen LogP contribution in [0, 0.1) is 0 Å². The molecule has 1 aromatic rings. The fourth-order valence-corrected chi connectivity index (χ4v) is 1.63. The van der Waals surface area contributed by atoms with Gasteiger partial charge in [0.05, 0.1) is 0 Å². The third-order valence-corrected chi connectivity index (χ3v) is 3.13. The van der Waals surface area contributed by atoms with Gasteiger partial charge >= 0.3 is 0 Å². The Bertz CT molecular complexity index is 428. The van der Waals surface area contributed by atoms with Gasteiger partial charge in [-0.05, 0) is 33.3 Å². The Morgan fingerprint density at radius 1 is 1.42 bits per heavy atom. The lowest BCUT2D eigenvalue weighted by atomic mass is 10.0. The van der Waals surface area contributed by atoms with E-state index in [-0.39, 0.29) is 24.1 Å². The molecule has 1 amide bonds.